The second-order valence-electron chi connectivity index (χ2n) is 3.96. The number of ketones is 6. The number of hydrogen-bond donors (Lipinski definition) is 0. The molecule has 0 N–H and O–H groups in total. The van der Waals surface area contributed by atoms with E-state index in [1.54, 1.807) is 0 Å². The van der Waals surface area contributed by atoms with Gasteiger partial charge in [-0.15, -0.1) is 0 Å². The average Bonchev–Trinajstić information content (AvgIpc) is 2.35. The SMILES string of the molecule is CC(=O)C1C(=O)C(=O)C(C(C)=O)(C(C)=O)C1=O. The van der Waals surface area contributed by atoms with Crippen LogP contribution in [0, 0.1) is 11.3 Å². The lowest BCUT2D eigenvalue weighted by Gasteiger charge is -2.17. The molecule has 6 heteroatoms. The smallest absolute Gasteiger partial charge is 0.228 e. The van der Waals surface area contributed by atoms with Gasteiger partial charge in [0.15, 0.2) is 17.3 Å². The average molecular weight is 238 g/mol. The molecule has 90 valence electrons. The molecule has 1 saturated carbocycles. The molecular weight excluding hydrogens is 228 g/mol. The summed E-state index contributed by atoms with van der Waals surface area (Å²) in [5.41, 5.74) is -2.59. The molecule has 0 radical (unpaired) electrons. The summed E-state index contributed by atoms with van der Waals surface area (Å²) in [5.74, 6) is -8.54. The predicted molar refractivity (Wildman–Crippen MR) is 53.0 cm³/mol. The molecule has 1 aliphatic rings. The zero-order valence-electron chi connectivity index (χ0n) is 9.53. The molecule has 0 aromatic rings. The molecule has 0 aliphatic heterocycles. The van der Waals surface area contributed by atoms with Crippen molar-refractivity contribution in [1.82, 2.24) is 0 Å². The van der Waals surface area contributed by atoms with Gasteiger partial charge < -0.3 is 0 Å². The highest BCUT2D eigenvalue weighted by atomic mass is 16.2. The van der Waals surface area contributed by atoms with E-state index in [1.807, 2.05) is 0 Å². The number of carbonyl (C=O) groups is 6. The quantitative estimate of drug-likeness (QED) is 0.465. The van der Waals surface area contributed by atoms with E-state index in [-0.39, 0.29) is 0 Å². The molecule has 0 amide bonds. The second kappa shape index (κ2) is 3.80. The van der Waals surface area contributed by atoms with E-state index >= 15 is 0 Å². The van der Waals surface area contributed by atoms with Gasteiger partial charge >= 0.3 is 0 Å². The van der Waals surface area contributed by atoms with Gasteiger partial charge in [-0.1, -0.05) is 0 Å². The molecule has 6 nitrogen and oxygen atoms in total. The molecule has 0 saturated heterocycles. The van der Waals surface area contributed by atoms with Gasteiger partial charge in [-0.2, -0.15) is 0 Å². The molecule has 0 aromatic heterocycles. The summed E-state index contributed by atoms with van der Waals surface area (Å²) in [6.07, 6.45) is 0. The lowest BCUT2D eigenvalue weighted by Crippen LogP contribution is -2.47. The first-order valence-corrected chi connectivity index (χ1v) is 4.84. The van der Waals surface area contributed by atoms with Crippen LogP contribution in [0.4, 0.5) is 0 Å². The van der Waals surface area contributed by atoms with Crippen molar-refractivity contribution in [2.45, 2.75) is 20.8 Å². The molecule has 0 aromatic carbocycles. The maximum Gasteiger partial charge on any atom is 0.228 e. The predicted octanol–water partition coefficient (Wildman–Crippen LogP) is -0.923. The Morgan fingerprint density at radius 2 is 1.35 bits per heavy atom. The highest BCUT2D eigenvalue weighted by Gasteiger charge is 2.67. The summed E-state index contributed by atoms with van der Waals surface area (Å²) in [4.78, 5) is 69.0. The molecule has 0 bridgehead atoms. The van der Waals surface area contributed by atoms with Crippen LogP contribution >= 0.6 is 0 Å². The third-order valence-corrected chi connectivity index (χ3v) is 2.92. The van der Waals surface area contributed by atoms with E-state index in [2.05, 4.69) is 0 Å². The Kier molecular flexibility index (Phi) is 2.92. The maximum atomic E-state index is 11.9. The fourth-order valence-electron chi connectivity index (χ4n) is 2.05. The minimum Gasteiger partial charge on any atom is -0.299 e. The minimum absolute atomic E-state index is 0.835. The van der Waals surface area contributed by atoms with Crippen LogP contribution < -0.4 is 0 Å². The molecular formula is C11H10O6. The molecule has 17 heavy (non-hydrogen) atoms. The number of rotatable bonds is 3. The fraction of sp³-hybridized carbons (Fsp3) is 0.455. The van der Waals surface area contributed by atoms with Crippen molar-refractivity contribution in [2.75, 3.05) is 0 Å². The van der Waals surface area contributed by atoms with Crippen LogP contribution in [0.1, 0.15) is 20.8 Å². The van der Waals surface area contributed by atoms with Crippen molar-refractivity contribution in [2.24, 2.45) is 11.3 Å². The third-order valence-electron chi connectivity index (χ3n) is 2.92. The second-order valence-corrected chi connectivity index (χ2v) is 3.96. The summed E-state index contributed by atoms with van der Waals surface area (Å²) in [6.45, 7) is 2.73. The highest BCUT2D eigenvalue weighted by Crippen LogP contribution is 2.35. The first-order chi connectivity index (χ1) is 7.68. The Bertz CT molecular complexity index is 470. The van der Waals surface area contributed by atoms with Crippen LogP contribution in [0.3, 0.4) is 0 Å². The van der Waals surface area contributed by atoms with Gasteiger partial charge in [0.05, 0.1) is 0 Å². The van der Waals surface area contributed by atoms with E-state index < -0.39 is 46.0 Å². The lowest BCUT2D eigenvalue weighted by atomic mass is 9.76. The largest absolute Gasteiger partial charge is 0.299 e. The summed E-state index contributed by atoms with van der Waals surface area (Å²) in [6, 6.07) is 0. The highest BCUT2D eigenvalue weighted by molar-refractivity contribution is 6.66. The molecule has 0 heterocycles. The Labute approximate surface area is 96.4 Å². The molecule has 1 atom stereocenters. The Hall–Kier alpha value is -1.98. The van der Waals surface area contributed by atoms with E-state index in [0.29, 0.717) is 0 Å². The van der Waals surface area contributed by atoms with Crippen molar-refractivity contribution >= 4 is 34.7 Å². The Morgan fingerprint density at radius 3 is 1.53 bits per heavy atom. The van der Waals surface area contributed by atoms with Gasteiger partial charge in [0.1, 0.15) is 11.7 Å². The van der Waals surface area contributed by atoms with Crippen LogP contribution in [-0.4, -0.2) is 34.7 Å². The molecule has 1 rings (SSSR count). The van der Waals surface area contributed by atoms with E-state index in [0.717, 1.165) is 20.8 Å². The first kappa shape index (κ1) is 13.1. The van der Waals surface area contributed by atoms with E-state index in [4.69, 9.17) is 0 Å². The van der Waals surface area contributed by atoms with Crippen LogP contribution in [0.25, 0.3) is 0 Å². The summed E-state index contributed by atoms with van der Waals surface area (Å²) >= 11 is 0. The van der Waals surface area contributed by atoms with Crippen molar-refractivity contribution in [3.05, 3.63) is 0 Å². The Balaban J connectivity index is 3.56. The van der Waals surface area contributed by atoms with Gasteiger partial charge in [-0.05, 0) is 20.8 Å². The molecule has 1 unspecified atom stereocenters. The number of hydrogen-bond acceptors (Lipinski definition) is 6. The summed E-state index contributed by atoms with van der Waals surface area (Å²) in [7, 11) is 0. The molecule has 0 spiro atoms. The molecule has 1 aliphatic carbocycles. The first-order valence-electron chi connectivity index (χ1n) is 4.84. The summed E-state index contributed by atoms with van der Waals surface area (Å²) < 4.78 is 0. The fourth-order valence-corrected chi connectivity index (χ4v) is 2.05. The Morgan fingerprint density at radius 1 is 0.941 bits per heavy atom. The van der Waals surface area contributed by atoms with Gasteiger partial charge in [0, 0.05) is 0 Å². The van der Waals surface area contributed by atoms with Crippen LogP contribution in [0.2, 0.25) is 0 Å². The van der Waals surface area contributed by atoms with Gasteiger partial charge in [-0.25, -0.2) is 0 Å². The van der Waals surface area contributed by atoms with Crippen LogP contribution in [0.5, 0.6) is 0 Å². The van der Waals surface area contributed by atoms with Crippen molar-refractivity contribution < 1.29 is 28.8 Å². The maximum absolute atomic E-state index is 11.9. The van der Waals surface area contributed by atoms with Crippen LogP contribution in [-0.2, 0) is 28.8 Å². The van der Waals surface area contributed by atoms with Crippen molar-refractivity contribution in [3.8, 4) is 0 Å². The van der Waals surface area contributed by atoms with Gasteiger partial charge in [0.25, 0.3) is 0 Å². The molecule has 1 fully saturated rings. The zero-order chi connectivity index (χ0) is 13.5. The zero-order valence-corrected chi connectivity index (χ0v) is 9.53. The topological polar surface area (TPSA) is 102 Å². The summed E-state index contributed by atoms with van der Waals surface area (Å²) in [5, 5.41) is 0. The number of carbonyl (C=O) groups excluding carboxylic acids is 6. The normalized spacial score (nSPS) is 22.8. The number of Topliss-reactive ketones (excluding diaryl/α,β-unsaturated/α-hetero) is 6. The minimum atomic E-state index is -2.59. The third kappa shape index (κ3) is 1.40. The monoisotopic (exact) mass is 238 g/mol. The van der Waals surface area contributed by atoms with Crippen molar-refractivity contribution in [1.29, 1.82) is 0 Å². The van der Waals surface area contributed by atoms with Gasteiger partial charge in [-0.3, -0.25) is 28.8 Å². The lowest BCUT2D eigenvalue weighted by molar-refractivity contribution is -0.151. The van der Waals surface area contributed by atoms with E-state index in [1.165, 1.54) is 0 Å². The van der Waals surface area contributed by atoms with Crippen LogP contribution in [0.15, 0.2) is 0 Å². The standard InChI is InChI=1S/C11H10O6/c1-4(12)7-8(15)10(17)11(5(2)13,6(3)14)9(7)16/h7H,1-3H3. The van der Waals surface area contributed by atoms with Crippen molar-refractivity contribution in [3.63, 3.8) is 0 Å². The van der Waals surface area contributed by atoms with E-state index in [9.17, 15) is 28.8 Å². The van der Waals surface area contributed by atoms with Gasteiger partial charge in [0.2, 0.25) is 17.0 Å².